The van der Waals surface area contributed by atoms with Crippen molar-refractivity contribution in [2.24, 2.45) is 11.8 Å². The number of ether oxygens (including phenoxy) is 1. The van der Waals surface area contributed by atoms with Gasteiger partial charge in [-0.05, 0) is 18.3 Å². The maximum atomic E-state index is 11.8. The van der Waals surface area contributed by atoms with Gasteiger partial charge in [-0.15, -0.1) is 0 Å². The van der Waals surface area contributed by atoms with E-state index in [0.29, 0.717) is 38.8 Å². The van der Waals surface area contributed by atoms with Crippen LogP contribution in [0.5, 0.6) is 0 Å². The van der Waals surface area contributed by atoms with Crippen LogP contribution in [0.1, 0.15) is 26.7 Å². The lowest BCUT2D eigenvalue weighted by molar-refractivity contribution is -0.138. The second-order valence-electron chi connectivity index (χ2n) is 5.40. The average molecular weight is 272 g/mol. The number of carboxylic acids is 1. The fourth-order valence-electron chi connectivity index (χ4n) is 2.09. The van der Waals surface area contributed by atoms with E-state index in [1.54, 1.807) is 4.90 Å². The highest BCUT2D eigenvalue weighted by Gasteiger charge is 2.27. The van der Waals surface area contributed by atoms with Gasteiger partial charge in [0, 0.05) is 32.7 Å². The van der Waals surface area contributed by atoms with Crippen molar-refractivity contribution in [3.63, 3.8) is 0 Å². The topological polar surface area (TPSA) is 78.9 Å². The van der Waals surface area contributed by atoms with Crippen molar-refractivity contribution < 1.29 is 19.4 Å². The Morgan fingerprint density at radius 1 is 1.47 bits per heavy atom. The molecule has 1 unspecified atom stereocenters. The van der Waals surface area contributed by atoms with E-state index in [0.717, 1.165) is 6.42 Å². The maximum absolute atomic E-state index is 11.8. The first kappa shape index (κ1) is 15.8. The first-order chi connectivity index (χ1) is 8.99. The SMILES string of the molecule is CC(C)COCCNC(=O)N1CCC(CC(=O)O)C1. The Balaban J connectivity index is 2.12. The van der Waals surface area contributed by atoms with Crippen molar-refractivity contribution in [2.45, 2.75) is 26.7 Å². The second kappa shape index (κ2) is 7.99. The molecule has 1 fully saturated rings. The molecule has 0 aromatic rings. The third-order valence-corrected chi connectivity index (χ3v) is 3.01. The number of amides is 2. The molecule has 0 aromatic heterocycles. The summed E-state index contributed by atoms with van der Waals surface area (Å²) in [4.78, 5) is 24.1. The van der Waals surface area contributed by atoms with Crippen molar-refractivity contribution in [3.8, 4) is 0 Å². The lowest BCUT2D eigenvalue weighted by atomic mass is 10.1. The molecule has 1 heterocycles. The Hall–Kier alpha value is -1.30. The molecule has 2 N–H and O–H groups in total. The summed E-state index contributed by atoms with van der Waals surface area (Å²) in [6, 6.07) is -0.124. The minimum atomic E-state index is -0.797. The highest BCUT2D eigenvalue weighted by atomic mass is 16.5. The van der Waals surface area contributed by atoms with Gasteiger partial charge in [-0.2, -0.15) is 0 Å². The molecule has 0 spiro atoms. The zero-order valence-corrected chi connectivity index (χ0v) is 11.7. The minimum absolute atomic E-state index is 0.0837. The molecule has 2 amide bonds. The van der Waals surface area contributed by atoms with Gasteiger partial charge in [0.15, 0.2) is 0 Å². The Kier molecular flexibility index (Phi) is 6.62. The monoisotopic (exact) mass is 272 g/mol. The van der Waals surface area contributed by atoms with Crippen LogP contribution in [0.15, 0.2) is 0 Å². The molecule has 1 atom stereocenters. The summed E-state index contributed by atoms with van der Waals surface area (Å²) in [5.74, 6) is -0.221. The molecule has 6 heteroatoms. The number of carboxylic acid groups (broad SMARTS) is 1. The molecule has 19 heavy (non-hydrogen) atoms. The number of likely N-dealkylation sites (tertiary alicyclic amines) is 1. The van der Waals surface area contributed by atoms with Crippen LogP contribution >= 0.6 is 0 Å². The molecule has 6 nitrogen and oxygen atoms in total. The normalized spacial score (nSPS) is 18.9. The van der Waals surface area contributed by atoms with E-state index in [1.165, 1.54) is 0 Å². The van der Waals surface area contributed by atoms with Gasteiger partial charge in [0.2, 0.25) is 0 Å². The number of hydrogen-bond acceptors (Lipinski definition) is 3. The van der Waals surface area contributed by atoms with E-state index >= 15 is 0 Å². The predicted molar refractivity (Wildman–Crippen MR) is 71.0 cm³/mol. The van der Waals surface area contributed by atoms with Gasteiger partial charge in [0.25, 0.3) is 0 Å². The van der Waals surface area contributed by atoms with Crippen molar-refractivity contribution in [1.82, 2.24) is 10.2 Å². The molecule has 0 saturated carbocycles. The highest BCUT2D eigenvalue weighted by molar-refractivity contribution is 5.74. The smallest absolute Gasteiger partial charge is 0.317 e. The summed E-state index contributed by atoms with van der Waals surface area (Å²) >= 11 is 0. The summed E-state index contributed by atoms with van der Waals surface area (Å²) in [5, 5.41) is 11.5. The van der Waals surface area contributed by atoms with Crippen LogP contribution in [0.25, 0.3) is 0 Å². The van der Waals surface area contributed by atoms with E-state index < -0.39 is 5.97 Å². The number of nitrogens with zero attached hydrogens (tertiary/aromatic N) is 1. The summed E-state index contributed by atoms with van der Waals surface area (Å²) in [6.07, 6.45) is 0.908. The summed E-state index contributed by atoms with van der Waals surface area (Å²) in [7, 11) is 0. The first-order valence-electron chi connectivity index (χ1n) is 6.81. The van der Waals surface area contributed by atoms with Crippen molar-refractivity contribution in [3.05, 3.63) is 0 Å². The zero-order chi connectivity index (χ0) is 14.3. The van der Waals surface area contributed by atoms with Gasteiger partial charge >= 0.3 is 12.0 Å². The third-order valence-electron chi connectivity index (χ3n) is 3.01. The van der Waals surface area contributed by atoms with Crippen molar-refractivity contribution >= 4 is 12.0 Å². The highest BCUT2D eigenvalue weighted by Crippen LogP contribution is 2.19. The van der Waals surface area contributed by atoms with Gasteiger partial charge in [-0.3, -0.25) is 4.79 Å². The fraction of sp³-hybridized carbons (Fsp3) is 0.846. The van der Waals surface area contributed by atoms with E-state index in [-0.39, 0.29) is 18.4 Å². The van der Waals surface area contributed by atoms with Crippen LogP contribution in [0.2, 0.25) is 0 Å². The fourth-order valence-corrected chi connectivity index (χ4v) is 2.09. The number of nitrogens with one attached hydrogen (secondary N) is 1. The van der Waals surface area contributed by atoms with Crippen LogP contribution in [0, 0.1) is 11.8 Å². The van der Waals surface area contributed by atoms with Gasteiger partial charge in [-0.25, -0.2) is 4.79 Å². The molecule has 1 saturated heterocycles. The van der Waals surface area contributed by atoms with Gasteiger partial charge in [0.1, 0.15) is 0 Å². The molecule has 1 aliphatic rings. The summed E-state index contributed by atoms with van der Waals surface area (Å²) in [5.41, 5.74) is 0. The molecule has 1 aliphatic heterocycles. The van der Waals surface area contributed by atoms with Crippen LogP contribution < -0.4 is 5.32 Å². The Bertz CT molecular complexity index is 307. The largest absolute Gasteiger partial charge is 0.481 e. The molecule has 110 valence electrons. The molecule has 0 radical (unpaired) electrons. The first-order valence-corrected chi connectivity index (χ1v) is 6.81. The molecule has 1 rings (SSSR count). The number of rotatable bonds is 7. The lowest BCUT2D eigenvalue weighted by Crippen LogP contribution is -2.40. The molecule has 0 bridgehead atoms. The van der Waals surface area contributed by atoms with Gasteiger partial charge < -0.3 is 20.1 Å². The van der Waals surface area contributed by atoms with Crippen LogP contribution in [-0.2, 0) is 9.53 Å². The standard InChI is InChI=1S/C13H24N2O4/c1-10(2)9-19-6-4-14-13(18)15-5-3-11(8-15)7-12(16)17/h10-11H,3-9H2,1-2H3,(H,14,18)(H,16,17). The van der Waals surface area contributed by atoms with Gasteiger partial charge in [-0.1, -0.05) is 13.8 Å². The molecular formula is C13H24N2O4. The lowest BCUT2D eigenvalue weighted by Gasteiger charge is -2.17. The Labute approximate surface area is 114 Å². The minimum Gasteiger partial charge on any atom is -0.481 e. The number of aliphatic carboxylic acids is 1. The van der Waals surface area contributed by atoms with Crippen molar-refractivity contribution in [1.29, 1.82) is 0 Å². The molecular weight excluding hydrogens is 248 g/mol. The van der Waals surface area contributed by atoms with Crippen LogP contribution in [0.3, 0.4) is 0 Å². The Morgan fingerprint density at radius 2 is 2.21 bits per heavy atom. The van der Waals surface area contributed by atoms with Crippen LogP contribution in [-0.4, -0.2) is 54.9 Å². The number of carbonyl (C=O) groups is 2. The maximum Gasteiger partial charge on any atom is 0.317 e. The third kappa shape index (κ3) is 6.42. The van der Waals surface area contributed by atoms with Crippen molar-refractivity contribution in [2.75, 3.05) is 32.8 Å². The van der Waals surface area contributed by atoms with Crippen LogP contribution in [0.4, 0.5) is 4.79 Å². The predicted octanol–water partition coefficient (Wildman–Crippen LogP) is 1.17. The number of urea groups is 1. The van der Waals surface area contributed by atoms with Gasteiger partial charge in [0.05, 0.1) is 6.61 Å². The van der Waals surface area contributed by atoms with E-state index in [4.69, 9.17) is 9.84 Å². The quantitative estimate of drug-likeness (QED) is 0.682. The Morgan fingerprint density at radius 3 is 2.84 bits per heavy atom. The number of hydrogen-bond donors (Lipinski definition) is 2. The zero-order valence-electron chi connectivity index (χ0n) is 11.7. The summed E-state index contributed by atoms with van der Waals surface area (Å²) in [6.45, 7) is 7.01. The number of carbonyl (C=O) groups excluding carboxylic acids is 1. The second-order valence-corrected chi connectivity index (χ2v) is 5.40. The van der Waals surface area contributed by atoms with E-state index in [1.807, 2.05) is 0 Å². The molecule has 0 aliphatic carbocycles. The molecule has 0 aromatic carbocycles. The van der Waals surface area contributed by atoms with E-state index in [9.17, 15) is 9.59 Å². The van der Waals surface area contributed by atoms with E-state index in [2.05, 4.69) is 19.2 Å². The average Bonchev–Trinajstić information content (AvgIpc) is 2.75. The summed E-state index contributed by atoms with van der Waals surface area (Å²) < 4.78 is 5.37.